The standard InChI is InChI=1S/C15H19ClN4.CH2O2/c16-15-5-3-13(4-6-15)14-2-1-7-19(10-14)8-9-20-11-17-18-12-20;2-1-3/h3-6,11-12,14H,1-2,7-10H2;1H,(H,2,3). The lowest BCUT2D eigenvalue weighted by molar-refractivity contribution is -0.122. The van der Waals surface area contributed by atoms with Gasteiger partial charge in [0, 0.05) is 24.7 Å². The lowest BCUT2D eigenvalue weighted by Crippen LogP contribution is -2.36. The highest BCUT2D eigenvalue weighted by Gasteiger charge is 2.20. The first-order valence-corrected chi connectivity index (χ1v) is 7.99. The molecule has 124 valence electrons. The Labute approximate surface area is 140 Å². The predicted octanol–water partition coefficient (Wildman–Crippen LogP) is 2.51. The van der Waals surface area contributed by atoms with Gasteiger partial charge >= 0.3 is 0 Å². The minimum Gasteiger partial charge on any atom is -0.483 e. The highest BCUT2D eigenvalue weighted by atomic mass is 35.5. The Kier molecular flexibility index (Phi) is 7.03. The summed E-state index contributed by atoms with van der Waals surface area (Å²) in [6.45, 7) is 4.08. The third-order valence-corrected chi connectivity index (χ3v) is 4.24. The van der Waals surface area contributed by atoms with Crippen LogP contribution in [-0.4, -0.2) is 50.9 Å². The van der Waals surface area contributed by atoms with Gasteiger partial charge in [-0.15, -0.1) is 10.2 Å². The van der Waals surface area contributed by atoms with Crippen molar-refractivity contribution in [3.05, 3.63) is 47.5 Å². The summed E-state index contributed by atoms with van der Waals surface area (Å²) in [5, 5.41) is 15.4. The van der Waals surface area contributed by atoms with Crippen molar-refractivity contribution in [2.45, 2.75) is 25.3 Å². The van der Waals surface area contributed by atoms with Crippen molar-refractivity contribution in [2.24, 2.45) is 0 Å². The van der Waals surface area contributed by atoms with Crippen LogP contribution in [0.1, 0.15) is 24.3 Å². The van der Waals surface area contributed by atoms with Gasteiger partial charge in [-0.2, -0.15) is 0 Å². The molecule has 1 N–H and O–H groups in total. The van der Waals surface area contributed by atoms with Crippen LogP contribution in [0.5, 0.6) is 0 Å². The number of aromatic nitrogens is 3. The number of hydrogen-bond donors (Lipinski definition) is 1. The van der Waals surface area contributed by atoms with Gasteiger partial charge in [-0.05, 0) is 43.0 Å². The summed E-state index contributed by atoms with van der Waals surface area (Å²) in [6.07, 6.45) is 6.08. The van der Waals surface area contributed by atoms with E-state index in [1.165, 1.54) is 24.9 Å². The van der Waals surface area contributed by atoms with Crippen molar-refractivity contribution in [1.82, 2.24) is 19.7 Å². The molecule has 23 heavy (non-hydrogen) atoms. The third kappa shape index (κ3) is 5.65. The van der Waals surface area contributed by atoms with E-state index in [-0.39, 0.29) is 6.47 Å². The molecule has 2 aromatic rings. The van der Waals surface area contributed by atoms with Crippen LogP contribution >= 0.6 is 11.6 Å². The number of benzene rings is 1. The van der Waals surface area contributed by atoms with Gasteiger partial charge in [0.05, 0.1) is 0 Å². The van der Waals surface area contributed by atoms with E-state index >= 15 is 0 Å². The number of nitrogens with zero attached hydrogens (tertiary/aromatic N) is 4. The average Bonchev–Trinajstić information content (AvgIpc) is 3.08. The third-order valence-electron chi connectivity index (χ3n) is 3.99. The van der Waals surface area contributed by atoms with Gasteiger partial charge in [-0.1, -0.05) is 23.7 Å². The zero-order valence-corrected chi connectivity index (χ0v) is 13.6. The summed E-state index contributed by atoms with van der Waals surface area (Å²) in [4.78, 5) is 10.9. The Balaban J connectivity index is 0.000000595. The minimum atomic E-state index is -0.250. The van der Waals surface area contributed by atoms with E-state index in [1.54, 1.807) is 12.7 Å². The lowest BCUT2D eigenvalue weighted by Gasteiger charge is -2.33. The molecule has 0 bridgehead atoms. The second kappa shape index (κ2) is 9.27. The predicted molar refractivity (Wildman–Crippen MR) is 88.6 cm³/mol. The Morgan fingerprint density at radius 2 is 1.87 bits per heavy atom. The molecule has 0 spiro atoms. The monoisotopic (exact) mass is 336 g/mol. The maximum atomic E-state index is 8.36. The van der Waals surface area contributed by atoms with Crippen LogP contribution in [0.15, 0.2) is 36.9 Å². The minimum absolute atomic E-state index is 0.250. The molecule has 1 aromatic heterocycles. The topological polar surface area (TPSA) is 71.2 Å². The van der Waals surface area contributed by atoms with E-state index in [9.17, 15) is 0 Å². The number of hydrogen-bond acceptors (Lipinski definition) is 4. The van der Waals surface area contributed by atoms with Crippen molar-refractivity contribution in [3.8, 4) is 0 Å². The molecule has 1 atom stereocenters. The van der Waals surface area contributed by atoms with Crippen LogP contribution in [0, 0.1) is 0 Å². The molecule has 1 fully saturated rings. The van der Waals surface area contributed by atoms with Crippen LogP contribution in [0.25, 0.3) is 0 Å². The van der Waals surface area contributed by atoms with E-state index < -0.39 is 0 Å². The molecular weight excluding hydrogens is 316 g/mol. The number of carbonyl (C=O) groups is 1. The largest absolute Gasteiger partial charge is 0.483 e. The van der Waals surface area contributed by atoms with Crippen molar-refractivity contribution in [2.75, 3.05) is 19.6 Å². The fourth-order valence-electron chi connectivity index (χ4n) is 2.86. The molecule has 1 aliphatic heterocycles. The molecule has 1 unspecified atom stereocenters. The van der Waals surface area contributed by atoms with E-state index in [4.69, 9.17) is 21.5 Å². The number of halogens is 1. The Bertz CT molecular complexity index is 574. The van der Waals surface area contributed by atoms with Gasteiger partial charge in [0.1, 0.15) is 12.7 Å². The molecule has 2 heterocycles. The normalized spacial score (nSPS) is 18.0. The smallest absolute Gasteiger partial charge is 0.290 e. The van der Waals surface area contributed by atoms with Gasteiger partial charge in [0.15, 0.2) is 0 Å². The maximum Gasteiger partial charge on any atom is 0.290 e. The number of rotatable bonds is 4. The van der Waals surface area contributed by atoms with Crippen LogP contribution in [0.3, 0.4) is 0 Å². The maximum absolute atomic E-state index is 8.36. The zero-order chi connectivity index (χ0) is 16.5. The van der Waals surface area contributed by atoms with Crippen molar-refractivity contribution in [3.63, 3.8) is 0 Å². The molecule has 3 rings (SSSR count). The molecule has 7 heteroatoms. The molecule has 0 saturated carbocycles. The summed E-state index contributed by atoms with van der Waals surface area (Å²) >= 11 is 5.96. The molecule has 0 aliphatic carbocycles. The summed E-state index contributed by atoms with van der Waals surface area (Å²) in [5.74, 6) is 0.627. The van der Waals surface area contributed by atoms with Gasteiger partial charge in [-0.3, -0.25) is 4.79 Å². The second-order valence-corrected chi connectivity index (χ2v) is 5.93. The zero-order valence-electron chi connectivity index (χ0n) is 12.9. The number of piperidine rings is 1. The van der Waals surface area contributed by atoms with Crippen LogP contribution in [0.4, 0.5) is 0 Å². The van der Waals surface area contributed by atoms with E-state index in [0.29, 0.717) is 5.92 Å². The van der Waals surface area contributed by atoms with Crippen LogP contribution in [0.2, 0.25) is 5.02 Å². The number of carboxylic acid groups (broad SMARTS) is 1. The second-order valence-electron chi connectivity index (χ2n) is 5.50. The fraction of sp³-hybridized carbons (Fsp3) is 0.438. The van der Waals surface area contributed by atoms with E-state index in [2.05, 4.69) is 27.2 Å². The van der Waals surface area contributed by atoms with Gasteiger partial charge in [-0.25, -0.2) is 0 Å². The van der Waals surface area contributed by atoms with Crippen molar-refractivity contribution < 1.29 is 9.90 Å². The summed E-state index contributed by atoms with van der Waals surface area (Å²) in [5.41, 5.74) is 1.41. The van der Waals surface area contributed by atoms with Gasteiger partial charge < -0.3 is 14.6 Å². The molecule has 0 radical (unpaired) electrons. The Morgan fingerprint density at radius 3 is 2.52 bits per heavy atom. The SMILES string of the molecule is Clc1ccc(C2CCCN(CCn3cnnc3)C2)cc1.O=CO. The molecule has 6 nitrogen and oxygen atoms in total. The quantitative estimate of drug-likeness (QED) is 0.869. The molecule has 1 aliphatic rings. The van der Waals surface area contributed by atoms with Gasteiger partial charge in [0.25, 0.3) is 6.47 Å². The lowest BCUT2D eigenvalue weighted by atomic mass is 9.91. The first kappa shape index (κ1) is 17.4. The number of likely N-dealkylation sites (tertiary alicyclic amines) is 1. The molecule has 0 amide bonds. The first-order valence-electron chi connectivity index (χ1n) is 7.61. The summed E-state index contributed by atoms with van der Waals surface area (Å²) in [7, 11) is 0. The molecular formula is C16H21ClN4O2. The van der Waals surface area contributed by atoms with E-state index in [0.717, 1.165) is 24.7 Å². The molecule has 1 saturated heterocycles. The highest BCUT2D eigenvalue weighted by molar-refractivity contribution is 6.30. The van der Waals surface area contributed by atoms with Crippen molar-refractivity contribution >= 4 is 18.1 Å². The van der Waals surface area contributed by atoms with Crippen LogP contribution in [-0.2, 0) is 11.3 Å². The fourth-order valence-corrected chi connectivity index (χ4v) is 2.99. The van der Waals surface area contributed by atoms with Crippen molar-refractivity contribution in [1.29, 1.82) is 0 Å². The summed E-state index contributed by atoms with van der Waals surface area (Å²) < 4.78 is 2.03. The molecule has 1 aromatic carbocycles. The van der Waals surface area contributed by atoms with Crippen LogP contribution < -0.4 is 0 Å². The first-order chi connectivity index (χ1) is 11.2. The summed E-state index contributed by atoms with van der Waals surface area (Å²) in [6, 6.07) is 8.31. The van der Waals surface area contributed by atoms with E-state index in [1.807, 2.05) is 16.7 Å². The highest BCUT2D eigenvalue weighted by Crippen LogP contribution is 2.27. The Morgan fingerprint density at radius 1 is 1.22 bits per heavy atom. The Hall–Kier alpha value is -1.92. The van der Waals surface area contributed by atoms with Gasteiger partial charge in [0.2, 0.25) is 0 Å². The average molecular weight is 337 g/mol.